The third-order valence-electron chi connectivity index (χ3n) is 2.68. The number of hydrogen-bond acceptors (Lipinski definition) is 3. The Balaban J connectivity index is 0.00000162. The summed E-state index contributed by atoms with van der Waals surface area (Å²) in [5.74, 6) is 0. The molecular weight excluding hydrogens is 294 g/mol. The highest BCUT2D eigenvalue weighted by atomic mass is 79.9. The van der Waals surface area contributed by atoms with Gasteiger partial charge in [-0.3, -0.25) is 0 Å². The zero-order valence-corrected chi connectivity index (χ0v) is 11.8. The van der Waals surface area contributed by atoms with Crippen LogP contribution in [0, 0.1) is 0 Å². The summed E-state index contributed by atoms with van der Waals surface area (Å²) >= 11 is 0. The van der Waals surface area contributed by atoms with Crippen LogP contribution in [-0.2, 0) is 13.0 Å². The molecule has 2 aromatic rings. The molecule has 3 N–H and O–H groups in total. The third kappa shape index (κ3) is 4.60. The fraction of sp³-hybridized carbons (Fsp3) is 0.308. The van der Waals surface area contributed by atoms with Crippen molar-refractivity contribution in [2.24, 2.45) is 0 Å². The Morgan fingerprint density at radius 1 is 1.28 bits per heavy atom. The van der Waals surface area contributed by atoms with Crippen molar-refractivity contribution >= 4 is 17.0 Å². The molecule has 0 aliphatic heterocycles. The Hall–Kier alpha value is -1.17. The molecule has 1 unspecified atom stereocenters. The SMILES string of the molecule is Br.OCC(Cc1cnc[nH]1)NCc1ccccc1. The molecule has 2 rings (SSSR count). The molecule has 0 radical (unpaired) electrons. The van der Waals surface area contributed by atoms with Gasteiger partial charge >= 0.3 is 0 Å². The summed E-state index contributed by atoms with van der Waals surface area (Å²) in [6.45, 7) is 0.881. The Bertz CT molecular complexity index is 419. The fourth-order valence-corrected chi connectivity index (χ4v) is 1.72. The van der Waals surface area contributed by atoms with Gasteiger partial charge in [0, 0.05) is 30.9 Å². The number of imidazole rings is 1. The zero-order chi connectivity index (χ0) is 11.9. The smallest absolute Gasteiger partial charge is 0.0921 e. The van der Waals surface area contributed by atoms with Crippen molar-refractivity contribution in [3.63, 3.8) is 0 Å². The van der Waals surface area contributed by atoms with Crippen molar-refractivity contribution in [2.45, 2.75) is 19.0 Å². The standard InChI is InChI=1S/C13H17N3O.BrH/c17-9-13(6-12-8-14-10-16-12)15-7-11-4-2-1-3-5-11;/h1-5,8,10,13,15,17H,6-7,9H2,(H,14,16);1H. The van der Waals surface area contributed by atoms with Crippen LogP contribution < -0.4 is 5.32 Å². The van der Waals surface area contributed by atoms with Gasteiger partial charge in [0.2, 0.25) is 0 Å². The number of H-pyrrole nitrogens is 1. The lowest BCUT2D eigenvalue weighted by Crippen LogP contribution is -2.34. The fourth-order valence-electron chi connectivity index (χ4n) is 1.72. The van der Waals surface area contributed by atoms with E-state index in [0.717, 1.165) is 18.7 Å². The van der Waals surface area contributed by atoms with Crippen molar-refractivity contribution in [2.75, 3.05) is 6.61 Å². The molecule has 5 heteroatoms. The molecule has 1 heterocycles. The first-order valence-corrected chi connectivity index (χ1v) is 5.74. The van der Waals surface area contributed by atoms with E-state index in [9.17, 15) is 5.11 Å². The lowest BCUT2D eigenvalue weighted by atomic mass is 10.1. The molecule has 0 bridgehead atoms. The molecule has 18 heavy (non-hydrogen) atoms. The highest BCUT2D eigenvalue weighted by Gasteiger charge is 2.08. The predicted molar refractivity (Wildman–Crippen MR) is 76.8 cm³/mol. The van der Waals surface area contributed by atoms with E-state index < -0.39 is 0 Å². The predicted octanol–water partition coefficient (Wildman–Crippen LogP) is 1.68. The van der Waals surface area contributed by atoms with Crippen LogP contribution in [0.2, 0.25) is 0 Å². The normalized spacial score (nSPS) is 11.8. The van der Waals surface area contributed by atoms with Gasteiger partial charge in [-0.05, 0) is 5.56 Å². The maximum absolute atomic E-state index is 9.31. The van der Waals surface area contributed by atoms with Gasteiger partial charge in [-0.15, -0.1) is 17.0 Å². The summed E-state index contributed by atoms with van der Waals surface area (Å²) in [5.41, 5.74) is 2.25. The van der Waals surface area contributed by atoms with E-state index in [2.05, 4.69) is 27.4 Å². The van der Waals surface area contributed by atoms with E-state index in [4.69, 9.17) is 0 Å². The maximum atomic E-state index is 9.31. The summed E-state index contributed by atoms with van der Waals surface area (Å²) in [5, 5.41) is 12.6. The van der Waals surface area contributed by atoms with Gasteiger partial charge in [-0.1, -0.05) is 30.3 Å². The van der Waals surface area contributed by atoms with E-state index in [1.54, 1.807) is 12.5 Å². The summed E-state index contributed by atoms with van der Waals surface area (Å²) in [7, 11) is 0. The van der Waals surface area contributed by atoms with E-state index in [-0.39, 0.29) is 29.6 Å². The van der Waals surface area contributed by atoms with Gasteiger partial charge in [0.15, 0.2) is 0 Å². The molecule has 0 saturated heterocycles. The summed E-state index contributed by atoms with van der Waals surface area (Å²) < 4.78 is 0. The number of rotatable bonds is 6. The second-order valence-electron chi connectivity index (χ2n) is 4.03. The topological polar surface area (TPSA) is 60.9 Å². The molecule has 0 amide bonds. The van der Waals surface area contributed by atoms with Gasteiger partial charge in [0.1, 0.15) is 0 Å². The highest BCUT2D eigenvalue weighted by Crippen LogP contribution is 2.01. The van der Waals surface area contributed by atoms with Crippen LogP contribution in [0.1, 0.15) is 11.3 Å². The Morgan fingerprint density at radius 3 is 2.67 bits per heavy atom. The summed E-state index contributed by atoms with van der Waals surface area (Å²) in [4.78, 5) is 7.00. The molecule has 1 aromatic carbocycles. The summed E-state index contributed by atoms with van der Waals surface area (Å²) in [6, 6.07) is 10.2. The first-order valence-electron chi connectivity index (χ1n) is 5.74. The van der Waals surface area contributed by atoms with Crippen molar-refractivity contribution in [3.8, 4) is 0 Å². The molecular formula is C13H18BrN3O. The van der Waals surface area contributed by atoms with Crippen LogP contribution in [0.5, 0.6) is 0 Å². The van der Waals surface area contributed by atoms with Gasteiger partial charge in [-0.25, -0.2) is 4.98 Å². The summed E-state index contributed by atoms with van der Waals surface area (Å²) in [6.07, 6.45) is 4.19. The second-order valence-corrected chi connectivity index (χ2v) is 4.03. The number of aliphatic hydroxyl groups excluding tert-OH is 1. The van der Waals surface area contributed by atoms with Crippen LogP contribution in [0.3, 0.4) is 0 Å². The average Bonchev–Trinajstić information content (AvgIpc) is 2.88. The lowest BCUT2D eigenvalue weighted by Gasteiger charge is -2.15. The van der Waals surface area contributed by atoms with Gasteiger partial charge in [0.05, 0.1) is 12.9 Å². The first-order chi connectivity index (χ1) is 8.38. The minimum atomic E-state index is 0. The molecule has 0 spiro atoms. The molecule has 4 nitrogen and oxygen atoms in total. The van der Waals surface area contributed by atoms with Crippen molar-refractivity contribution in [1.82, 2.24) is 15.3 Å². The zero-order valence-electron chi connectivity index (χ0n) is 10.0. The maximum Gasteiger partial charge on any atom is 0.0921 e. The molecule has 0 saturated carbocycles. The van der Waals surface area contributed by atoms with Gasteiger partial charge in [0.25, 0.3) is 0 Å². The largest absolute Gasteiger partial charge is 0.395 e. The molecule has 98 valence electrons. The van der Waals surface area contributed by atoms with Gasteiger partial charge in [-0.2, -0.15) is 0 Å². The van der Waals surface area contributed by atoms with Crippen LogP contribution in [0.15, 0.2) is 42.9 Å². The molecule has 1 atom stereocenters. The number of hydrogen-bond donors (Lipinski definition) is 3. The third-order valence-corrected chi connectivity index (χ3v) is 2.68. The number of nitrogens with one attached hydrogen (secondary N) is 2. The van der Waals surface area contributed by atoms with Crippen LogP contribution in [0.4, 0.5) is 0 Å². The number of aliphatic hydroxyl groups is 1. The van der Waals surface area contributed by atoms with Crippen molar-refractivity contribution in [3.05, 3.63) is 54.1 Å². The van der Waals surface area contributed by atoms with E-state index in [1.807, 2.05) is 18.2 Å². The Morgan fingerprint density at radius 2 is 2.06 bits per heavy atom. The second kappa shape index (κ2) is 8.02. The molecule has 0 fully saturated rings. The number of halogens is 1. The van der Waals surface area contributed by atoms with Gasteiger partial charge < -0.3 is 15.4 Å². The average molecular weight is 312 g/mol. The molecule has 1 aromatic heterocycles. The number of benzene rings is 1. The van der Waals surface area contributed by atoms with Crippen LogP contribution in [-0.4, -0.2) is 27.7 Å². The minimum Gasteiger partial charge on any atom is -0.395 e. The number of aromatic nitrogens is 2. The van der Waals surface area contributed by atoms with E-state index in [0.29, 0.717) is 0 Å². The van der Waals surface area contributed by atoms with E-state index in [1.165, 1.54) is 5.56 Å². The lowest BCUT2D eigenvalue weighted by molar-refractivity contribution is 0.240. The quantitative estimate of drug-likeness (QED) is 0.760. The minimum absolute atomic E-state index is 0. The Labute approximate surface area is 117 Å². The Kier molecular flexibility index (Phi) is 6.64. The first kappa shape index (κ1) is 14.9. The number of aromatic amines is 1. The van der Waals surface area contributed by atoms with Crippen LogP contribution >= 0.6 is 17.0 Å². The van der Waals surface area contributed by atoms with Crippen molar-refractivity contribution in [1.29, 1.82) is 0 Å². The van der Waals surface area contributed by atoms with E-state index >= 15 is 0 Å². The van der Waals surface area contributed by atoms with Crippen molar-refractivity contribution < 1.29 is 5.11 Å². The number of nitrogens with zero attached hydrogens (tertiary/aromatic N) is 1. The monoisotopic (exact) mass is 311 g/mol. The molecule has 0 aliphatic rings. The highest BCUT2D eigenvalue weighted by molar-refractivity contribution is 8.93. The molecule has 0 aliphatic carbocycles. The van der Waals surface area contributed by atoms with Crippen LogP contribution in [0.25, 0.3) is 0 Å².